The normalized spacial score (nSPS) is 19.7. The quantitative estimate of drug-likeness (QED) is 0.877. The Morgan fingerprint density at radius 3 is 3.25 bits per heavy atom. The van der Waals surface area contributed by atoms with Gasteiger partial charge in [-0.15, -0.1) is 0 Å². The Bertz CT molecular complexity index is 587. The van der Waals surface area contributed by atoms with Crippen molar-refractivity contribution in [2.24, 2.45) is 0 Å². The van der Waals surface area contributed by atoms with Crippen molar-refractivity contribution < 1.29 is 4.74 Å². The number of piperidine rings is 1. The molecule has 3 rings (SSSR count). The molecule has 20 heavy (non-hydrogen) atoms. The third-order valence-corrected chi connectivity index (χ3v) is 3.67. The minimum absolute atomic E-state index is 0.244. The van der Waals surface area contributed by atoms with Crippen LogP contribution in [0.3, 0.4) is 0 Å². The number of rotatable bonds is 4. The Labute approximate surface area is 122 Å². The van der Waals surface area contributed by atoms with Gasteiger partial charge >= 0.3 is 0 Å². The largest absolute Gasteiger partial charge is 0.376 e. The molecule has 0 spiro atoms. The highest BCUT2D eigenvalue weighted by molar-refractivity contribution is 6.28. The van der Waals surface area contributed by atoms with Crippen LogP contribution in [0.25, 0.3) is 11.0 Å². The van der Waals surface area contributed by atoms with Crippen molar-refractivity contribution in [1.82, 2.24) is 20.2 Å². The third-order valence-electron chi connectivity index (χ3n) is 3.50. The van der Waals surface area contributed by atoms with Crippen molar-refractivity contribution in [3.05, 3.63) is 11.5 Å². The van der Waals surface area contributed by atoms with Crippen LogP contribution in [-0.4, -0.2) is 46.0 Å². The van der Waals surface area contributed by atoms with E-state index in [-0.39, 0.29) is 11.4 Å². The van der Waals surface area contributed by atoms with E-state index in [2.05, 4.69) is 32.0 Å². The summed E-state index contributed by atoms with van der Waals surface area (Å²) in [6.45, 7) is 4.73. The van der Waals surface area contributed by atoms with Gasteiger partial charge in [0.05, 0.1) is 17.7 Å². The number of halogens is 1. The smallest absolute Gasteiger partial charge is 0.226 e. The Balaban J connectivity index is 1.84. The summed E-state index contributed by atoms with van der Waals surface area (Å²) >= 11 is 5.99. The average Bonchev–Trinajstić information content (AvgIpc) is 2.92. The zero-order valence-electron chi connectivity index (χ0n) is 11.5. The number of hydrogen-bond donors (Lipinski definition) is 1. The Hall–Kier alpha value is -1.40. The van der Waals surface area contributed by atoms with Crippen LogP contribution in [0.2, 0.25) is 5.28 Å². The van der Waals surface area contributed by atoms with Crippen LogP contribution in [0, 0.1) is 0 Å². The standard InChI is InChI=1S/C13H18ClN5O/c1-2-6-20-9-4-3-5-19(8-9)12-10-7-15-18-11(10)16-13(14)17-12/h7,9H,2-6,8H2,1H3,(H,15,16,17,18). The molecule has 0 aromatic carbocycles. The number of fused-ring (bicyclic) bond motifs is 1. The van der Waals surface area contributed by atoms with E-state index in [9.17, 15) is 0 Å². The topological polar surface area (TPSA) is 66.9 Å². The highest BCUT2D eigenvalue weighted by Crippen LogP contribution is 2.27. The van der Waals surface area contributed by atoms with Crippen LogP contribution in [-0.2, 0) is 4.74 Å². The van der Waals surface area contributed by atoms with E-state index in [4.69, 9.17) is 16.3 Å². The molecule has 108 valence electrons. The molecule has 2 aromatic heterocycles. The highest BCUT2D eigenvalue weighted by Gasteiger charge is 2.23. The van der Waals surface area contributed by atoms with Gasteiger partial charge in [-0.25, -0.2) is 0 Å². The maximum Gasteiger partial charge on any atom is 0.226 e. The molecule has 0 bridgehead atoms. The first kappa shape index (κ1) is 13.6. The molecule has 1 atom stereocenters. The predicted molar refractivity (Wildman–Crippen MR) is 78.2 cm³/mol. The minimum atomic E-state index is 0.244. The van der Waals surface area contributed by atoms with E-state index in [0.29, 0.717) is 5.65 Å². The number of nitrogens with zero attached hydrogens (tertiary/aromatic N) is 4. The molecule has 2 aromatic rings. The van der Waals surface area contributed by atoms with Gasteiger partial charge in [-0.1, -0.05) is 6.92 Å². The Morgan fingerprint density at radius 2 is 2.40 bits per heavy atom. The van der Waals surface area contributed by atoms with Gasteiger partial charge in [0.25, 0.3) is 0 Å². The molecular weight excluding hydrogens is 278 g/mol. The SMILES string of the molecule is CCCOC1CCCN(c2nc(Cl)nc3[nH]ncc23)C1. The lowest BCUT2D eigenvalue weighted by Crippen LogP contribution is -2.40. The summed E-state index contributed by atoms with van der Waals surface area (Å²) in [5, 5.41) is 8.02. The Morgan fingerprint density at radius 1 is 1.50 bits per heavy atom. The van der Waals surface area contributed by atoms with Gasteiger partial charge in [0.1, 0.15) is 5.82 Å². The van der Waals surface area contributed by atoms with Crippen molar-refractivity contribution in [3.8, 4) is 0 Å². The Kier molecular flexibility index (Phi) is 4.03. The number of nitrogens with one attached hydrogen (secondary N) is 1. The van der Waals surface area contributed by atoms with Gasteiger partial charge in [0, 0.05) is 19.7 Å². The van der Waals surface area contributed by atoms with Crippen LogP contribution >= 0.6 is 11.6 Å². The van der Waals surface area contributed by atoms with Crippen LogP contribution < -0.4 is 4.90 Å². The molecule has 1 fully saturated rings. The van der Waals surface area contributed by atoms with Crippen molar-refractivity contribution in [1.29, 1.82) is 0 Å². The summed E-state index contributed by atoms with van der Waals surface area (Å²) in [4.78, 5) is 10.7. The average molecular weight is 296 g/mol. The number of ether oxygens (including phenoxy) is 1. The molecule has 7 heteroatoms. The monoisotopic (exact) mass is 295 g/mol. The summed E-state index contributed by atoms with van der Waals surface area (Å²) < 4.78 is 5.87. The molecule has 1 unspecified atom stereocenters. The van der Waals surface area contributed by atoms with Crippen LogP contribution in [0.15, 0.2) is 6.20 Å². The second-order valence-corrected chi connectivity index (χ2v) is 5.37. The fourth-order valence-electron chi connectivity index (χ4n) is 2.59. The minimum Gasteiger partial charge on any atom is -0.376 e. The number of aromatic nitrogens is 4. The molecule has 0 amide bonds. The van der Waals surface area contributed by atoms with E-state index in [1.54, 1.807) is 6.20 Å². The lowest BCUT2D eigenvalue weighted by Gasteiger charge is -2.33. The molecule has 3 heterocycles. The van der Waals surface area contributed by atoms with Crippen molar-refractivity contribution >= 4 is 28.5 Å². The van der Waals surface area contributed by atoms with E-state index >= 15 is 0 Å². The van der Waals surface area contributed by atoms with Gasteiger partial charge in [-0.05, 0) is 30.9 Å². The number of anilines is 1. The molecule has 1 aliphatic rings. The van der Waals surface area contributed by atoms with Gasteiger partial charge < -0.3 is 9.64 Å². The molecule has 6 nitrogen and oxygen atoms in total. The fourth-order valence-corrected chi connectivity index (χ4v) is 2.75. The van der Waals surface area contributed by atoms with Crippen LogP contribution in [0.1, 0.15) is 26.2 Å². The van der Waals surface area contributed by atoms with E-state index < -0.39 is 0 Å². The van der Waals surface area contributed by atoms with Crippen molar-refractivity contribution in [2.45, 2.75) is 32.3 Å². The first-order valence-electron chi connectivity index (χ1n) is 7.01. The van der Waals surface area contributed by atoms with Gasteiger partial charge in [0.2, 0.25) is 5.28 Å². The molecule has 0 aliphatic carbocycles. The van der Waals surface area contributed by atoms with E-state index in [1.165, 1.54) is 0 Å². The fraction of sp³-hybridized carbons (Fsp3) is 0.615. The predicted octanol–water partition coefficient (Wildman–Crippen LogP) is 2.40. The summed E-state index contributed by atoms with van der Waals surface area (Å²) in [5.41, 5.74) is 0.677. The number of hydrogen-bond acceptors (Lipinski definition) is 5. The van der Waals surface area contributed by atoms with Gasteiger partial charge in [-0.3, -0.25) is 5.10 Å². The summed E-state index contributed by atoms with van der Waals surface area (Å²) in [5.74, 6) is 0.846. The molecule has 1 saturated heterocycles. The second-order valence-electron chi connectivity index (χ2n) is 5.03. The van der Waals surface area contributed by atoms with Crippen molar-refractivity contribution in [2.75, 3.05) is 24.6 Å². The summed E-state index contributed by atoms with van der Waals surface area (Å²) in [6.07, 6.45) is 5.25. The van der Waals surface area contributed by atoms with E-state index in [0.717, 1.165) is 50.2 Å². The maximum atomic E-state index is 5.99. The molecule has 0 saturated carbocycles. The van der Waals surface area contributed by atoms with Gasteiger partial charge in [0.15, 0.2) is 5.65 Å². The summed E-state index contributed by atoms with van der Waals surface area (Å²) in [6, 6.07) is 0. The zero-order valence-corrected chi connectivity index (χ0v) is 12.2. The van der Waals surface area contributed by atoms with E-state index in [1.807, 2.05) is 0 Å². The van der Waals surface area contributed by atoms with Crippen LogP contribution in [0.4, 0.5) is 5.82 Å². The summed E-state index contributed by atoms with van der Waals surface area (Å²) in [7, 11) is 0. The number of H-pyrrole nitrogens is 1. The molecule has 1 N–H and O–H groups in total. The lowest BCUT2D eigenvalue weighted by atomic mass is 10.1. The van der Waals surface area contributed by atoms with Crippen molar-refractivity contribution in [3.63, 3.8) is 0 Å². The molecule has 0 radical (unpaired) electrons. The first-order chi connectivity index (χ1) is 9.78. The number of aromatic amines is 1. The maximum absolute atomic E-state index is 5.99. The lowest BCUT2D eigenvalue weighted by molar-refractivity contribution is 0.0439. The molecular formula is C13H18ClN5O. The zero-order chi connectivity index (χ0) is 13.9. The van der Waals surface area contributed by atoms with Gasteiger partial charge in [-0.2, -0.15) is 15.1 Å². The second kappa shape index (κ2) is 5.93. The first-order valence-corrected chi connectivity index (χ1v) is 7.39. The van der Waals surface area contributed by atoms with Crippen LogP contribution in [0.5, 0.6) is 0 Å². The molecule has 1 aliphatic heterocycles. The third kappa shape index (κ3) is 2.71. The highest BCUT2D eigenvalue weighted by atomic mass is 35.5.